The zero-order valence-corrected chi connectivity index (χ0v) is 8.74. The molecule has 2 amide bonds. The highest BCUT2D eigenvalue weighted by atomic mass is 16.2. The van der Waals surface area contributed by atoms with Crippen LogP contribution in [0.15, 0.2) is 0 Å². The molecule has 0 bridgehead atoms. The molecule has 1 aliphatic heterocycles. The summed E-state index contributed by atoms with van der Waals surface area (Å²) in [5, 5.41) is 3.08. The summed E-state index contributed by atoms with van der Waals surface area (Å²) in [6.07, 6.45) is 3.11. The standard InChI is InChI=1S/C10H17N3O2/c11-4-1-5-12-8-6-9(14)13(10(8)15)7-2-3-7/h7-8,12H,1-6,11H2. The average Bonchev–Trinajstić information content (AvgIpc) is 2.97. The van der Waals surface area contributed by atoms with Crippen molar-refractivity contribution in [3.8, 4) is 0 Å². The summed E-state index contributed by atoms with van der Waals surface area (Å²) >= 11 is 0. The first-order valence-corrected chi connectivity index (χ1v) is 5.53. The molecule has 1 aliphatic carbocycles. The summed E-state index contributed by atoms with van der Waals surface area (Å²) in [6, 6.07) is -0.101. The van der Waals surface area contributed by atoms with Crippen molar-refractivity contribution < 1.29 is 9.59 Å². The fourth-order valence-electron chi connectivity index (χ4n) is 1.91. The van der Waals surface area contributed by atoms with Gasteiger partial charge in [-0.1, -0.05) is 0 Å². The second-order valence-electron chi connectivity index (χ2n) is 4.19. The van der Waals surface area contributed by atoms with Gasteiger partial charge in [0.05, 0.1) is 12.5 Å². The fraction of sp³-hybridized carbons (Fsp3) is 0.800. The molecule has 3 N–H and O–H groups in total. The molecule has 1 unspecified atom stereocenters. The van der Waals surface area contributed by atoms with Gasteiger partial charge in [0.2, 0.25) is 11.8 Å². The van der Waals surface area contributed by atoms with E-state index in [1.165, 1.54) is 4.90 Å². The Bertz CT molecular complexity index is 276. The van der Waals surface area contributed by atoms with Gasteiger partial charge in [0.15, 0.2) is 0 Å². The van der Waals surface area contributed by atoms with Crippen molar-refractivity contribution >= 4 is 11.8 Å². The first-order valence-electron chi connectivity index (χ1n) is 5.53. The Labute approximate surface area is 89.0 Å². The maximum Gasteiger partial charge on any atom is 0.247 e. The number of hydrogen-bond donors (Lipinski definition) is 2. The molecule has 2 rings (SSSR count). The molecule has 0 spiro atoms. The van der Waals surface area contributed by atoms with Gasteiger partial charge in [0.1, 0.15) is 0 Å². The van der Waals surface area contributed by atoms with Crippen LogP contribution in [-0.4, -0.2) is 41.9 Å². The van der Waals surface area contributed by atoms with Gasteiger partial charge in [-0.25, -0.2) is 0 Å². The van der Waals surface area contributed by atoms with Crippen molar-refractivity contribution in [2.75, 3.05) is 13.1 Å². The molecule has 15 heavy (non-hydrogen) atoms. The summed E-state index contributed by atoms with van der Waals surface area (Å²) in [6.45, 7) is 1.31. The average molecular weight is 211 g/mol. The Morgan fingerprint density at radius 2 is 2.13 bits per heavy atom. The van der Waals surface area contributed by atoms with Crippen molar-refractivity contribution in [3.63, 3.8) is 0 Å². The molecule has 0 aromatic carbocycles. The highest BCUT2D eigenvalue weighted by Gasteiger charge is 2.45. The zero-order chi connectivity index (χ0) is 10.8. The summed E-state index contributed by atoms with van der Waals surface area (Å²) in [7, 11) is 0. The van der Waals surface area contributed by atoms with Gasteiger partial charge in [-0.2, -0.15) is 0 Å². The topological polar surface area (TPSA) is 75.4 Å². The number of imide groups is 1. The van der Waals surface area contributed by atoms with Crippen LogP contribution in [0, 0.1) is 0 Å². The van der Waals surface area contributed by atoms with Crippen LogP contribution >= 0.6 is 0 Å². The van der Waals surface area contributed by atoms with E-state index in [9.17, 15) is 9.59 Å². The Morgan fingerprint density at radius 3 is 2.73 bits per heavy atom. The highest BCUT2D eigenvalue weighted by Crippen LogP contribution is 2.31. The van der Waals surface area contributed by atoms with Gasteiger partial charge in [0.25, 0.3) is 0 Å². The molecule has 1 saturated carbocycles. The monoisotopic (exact) mass is 211 g/mol. The molecule has 5 heteroatoms. The summed E-state index contributed by atoms with van der Waals surface area (Å²) in [5.41, 5.74) is 5.36. The third-order valence-corrected chi connectivity index (χ3v) is 2.87. The number of nitrogens with two attached hydrogens (primary N) is 1. The van der Waals surface area contributed by atoms with Crippen LogP contribution in [0.1, 0.15) is 25.7 Å². The number of likely N-dealkylation sites (tertiary alicyclic amines) is 1. The minimum Gasteiger partial charge on any atom is -0.330 e. The van der Waals surface area contributed by atoms with Crippen LogP contribution in [0.5, 0.6) is 0 Å². The first kappa shape index (κ1) is 10.6. The number of amides is 2. The van der Waals surface area contributed by atoms with Crippen LogP contribution in [-0.2, 0) is 9.59 Å². The lowest BCUT2D eigenvalue weighted by Gasteiger charge is -2.14. The largest absolute Gasteiger partial charge is 0.330 e. The van der Waals surface area contributed by atoms with Crippen LogP contribution in [0.4, 0.5) is 0 Å². The number of nitrogens with one attached hydrogen (secondary N) is 1. The molecular formula is C10H17N3O2. The smallest absolute Gasteiger partial charge is 0.247 e. The zero-order valence-electron chi connectivity index (χ0n) is 8.74. The van der Waals surface area contributed by atoms with Crippen LogP contribution in [0.2, 0.25) is 0 Å². The van der Waals surface area contributed by atoms with Crippen molar-refractivity contribution in [2.24, 2.45) is 5.73 Å². The molecule has 0 aromatic rings. The van der Waals surface area contributed by atoms with Crippen molar-refractivity contribution in [2.45, 2.75) is 37.8 Å². The van der Waals surface area contributed by atoms with Gasteiger partial charge >= 0.3 is 0 Å². The lowest BCUT2D eigenvalue weighted by molar-refractivity contribution is -0.139. The van der Waals surface area contributed by atoms with Gasteiger partial charge in [-0.05, 0) is 32.4 Å². The van der Waals surface area contributed by atoms with E-state index in [-0.39, 0.29) is 23.9 Å². The van der Waals surface area contributed by atoms with Crippen molar-refractivity contribution in [1.82, 2.24) is 10.2 Å². The minimum absolute atomic E-state index is 0.0206. The lowest BCUT2D eigenvalue weighted by Crippen LogP contribution is -2.40. The van der Waals surface area contributed by atoms with Gasteiger partial charge in [-0.3, -0.25) is 14.5 Å². The molecule has 1 atom stereocenters. The van der Waals surface area contributed by atoms with E-state index in [2.05, 4.69) is 5.32 Å². The Hall–Kier alpha value is -0.940. The number of carbonyl (C=O) groups is 2. The van der Waals surface area contributed by atoms with E-state index in [1.807, 2.05) is 0 Å². The predicted octanol–water partition coefficient (Wildman–Crippen LogP) is -0.785. The van der Waals surface area contributed by atoms with Crippen LogP contribution in [0.3, 0.4) is 0 Å². The van der Waals surface area contributed by atoms with Gasteiger partial charge < -0.3 is 11.1 Å². The van der Waals surface area contributed by atoms with Crippen LogP contribution in [0.25, 0.3) is 0 Å². The number of carbonyl (C=O) groups excluding carboxylic acids is 2. The maximum atomic E-state index is 11.8. The maximum absolute atomic E-state index is 11.8. The Kier molecular flexibility index (Phi) is 3.02. The SMILES string of the molecule is NCCCNC1CC(=O)N(C2CC2)C1=O. The van der Waals surface area contributed by atoms with Crippen molar-refractivity contribution in [1.29, 1.82) is 0 Å². The second-order valence-corrected chi connectivity index (χ2v) is 4.19. The number of hydrogen-bond acceptors (Lipinski definition) is 4. The molecule has 2 fully saturated rings. The summed E-state index contributed by atoms with van der Waals surface area (Å²) in [5.74, 6) is -0.0627. The molecule has 84 valence electrons. The van der Waals surface area contributed by atoms with E-state index in [0.717, 1.165) is 19.3 Å². The fourth-order valence-corrected chi connectivity index (χ4v) is 1.91. The predicted molar refractivity (Wildman–Crippen MR) is 55.0 cm³/mol. The third-order valence-electron chi connectivity index (χ3n) is 2.87. The lowest BCUT2D eigenvalue weighted by atomic mass is 10.2. The van der Waals surface area contributed by atoms with E-state index in [1.54, 1.807) is 0 Å². The van der Waals surface area contributed by atoms with E-state index in [0.29, 0.717) is 19.5 Å². The molecule has 2 aliphatic rings. The first-order chi connectivity index (χ1) is 7.24. The van der Waals surface area contributed by atoms with Gasteiger partial charge in [-0.15, -0.1) is 0 Å². The third kappa shape index (κ3) is 2.18. The van der Waals surface area contributed by atoms with E-state index >= 15 is 0 Å². The molecule has 1 heterocycles. The molecule has 5 nitrogen and oxygen atoms in total. The normalized spacial score (nSPS) is 26.5. The molecule has 1 saturated heterocycles. The van der Waals surface area contributed by atoms with E-state index < -0.39 is 0 Å². The summed E-state index contributed by atoms with van der Waals surface area (Å²) in [4.78, 5) is 24.8. The molecule has 0 aromatic heterocycles. The molecular weight excluding hydrogens is 194 g/mol. The number of rotatable bonds is 5. The van der Waals surface area contributed by atoms with E-state index in [4.69, 9.17) is 5.73 Å². The van der Waals surface area contributed by atoms with Crippen molar-refractivity contribution in [3.05, 3.63) is 0 Å². The van der Waals surface area contributed by atoms with Crippen LogP contribution < -0.4 is 11.1 Å². The Balaban J connectivity index is 1.87. The Morgan fingerprint density at radius 1 is 1.40 bits per heavy atom. The highest BCUT2D eigenvalue weighted by molar-refractivity contribution is 6.06. The van der Waals surface area contributed by atoms with Gasteiger partial charge in [0, 0.05) is 6.04 Å². The molecule has 0 radical (unpaired) electrons. The number of nitrogens with zero attached hydrogens (tertiary/aromatic N) is 1. The quantitative estimate of drug-likeness (QED) is 0.462. The summed E-state index contributed by atoms with van der Waals surface area (Å²) < 4.78 is 0. The minimum atomic E-state index is -0.301. The second kappa shape index (κ2) is 4.28.